The van der Waals surface area contributed by atoms with Crippen LogP contribution in [0.4, 0.5) is 14.6 Å². The van der Waals surface area contributed by atoms with Crippen molar-refractivity contribution in [1.29, 1.82) is 0 Å². The van der Waals surface area contributed by atoms with Crippen LogP contribution in [0.3, 0.4) is 0 Å². The van der Waals surface area contributed by atoms with Gasteiger partial charge in [0.25, 0.3) is 0 Å². The summed E-state index contributed by atoms with van der Waals surface area (Å²) in [6.45, 7) is 5.58. The van der Waals surface area contributed by atoms with Crippen LogP contribution in [0.2, 0.25) is 0 Å². The molecule has 0 aliphatic heterocycles. The van der Waals surface area contributed by atoms with Crippen LogP contribution in [-0.2, 0) is 0 Å². The Bertz CT molecular complexity index is 1250. The molecule has 0 bridgehead atoms. The highest BCUT2D eigenvalue weighted by Crippen LogP contribution is 2.27. The number of aryl methyl sites for hydroxylation is 2. The van der Waals surface area contributed by atoms with Gasteiger partial charge in [0.2, 0.25) is 5.88 Å². The molecule has 4 rings (SSSR count). The van der Waals surface area contributed by atoms with E-state index in [1.54, 1.807) is 20.4 Å². The molecule has 0 aliphatic rings. The molecule has 0 aliphatic carbocycles. The van der Waals surface area contributed by atoms with E-state index in [1.165, 1.54) is 12.1 Å². The molecule has 0 spiro atoms. The van der Waals surface area contributed by atoms with Gasteiger partial charge in [0.05, 0.1) is 30.9 Å². The van der Waals surface area contributed by atoms with E-state index >= 15 is 0 Å². The third kappa shape index (κ3) is 4.41. The third-order valence-corrected chi connectivity index (χ3v) is 5.01. The zero-order valence-corrected chi connectivity index (χ0v) is 18.1. The van der Waals surface area contributed by atoms with Crippen molar-refractivity contribution in [3.8, 4) is 23.0 Å². The van der Waals surface area contributed by atoms with Crippen LogP contribution < -0.4 is 10.1 Å². The van der Waals surface area contributed by atoms with Gasteiger partial charge in [-0.05, 0) is 62.2 Å². The molecular formula is C23H22F2N6O. The van der Waals surface area contributed by atoms with Crippen LogP contribution in [-0.4, -0.2) is 31.8 Å². The molecule has 1 N–H and O–H groups in total. The highest BCUT2D eigenvalue weighted by atomic mass is 19.1. The van der Waals surface area contributed by atoms with Crippen LogP contribution in [0.5, 0.6) is 5.88 Å². The molecule has 7 nitrogen and oxygen atoms in total. The number of hydrogen-bond donors (Lipinski definition) is 1. The lowest BCUT2D eigenvalue weighted by molar-refractivity contribution is 0.396. The van der Waals surface area contributed by atoms with Gasteiger partial charge < -0.3 is 14.6 Å². The van der Waals surface area contributed by atoms with Gasteiger partial charge in [0.15, 0.2) is 5.82 Å². The number of rotatable bonds is 6. The first-order valence-electron chi connectivity index (χ1n) is 9.97. The minimum Gasteiger partial charge on any atom is -0.479 e. The Balaban J connectivity index is 1.59. The summed E-state index contributed by atoms with van der Waals surface area (Å²) < 4.78 is 34.4. The van der Waals surface area contributed by atoms with Gasteiger partial charge in [0.1, 0.15) is 23.0 Å². The Morgan fingerprint density at radius 2 is 1.75 bits per heavy atom. The quantitative estimate of drug-likeness (QED) is 0.468. The monoisotopic (exact) mass is 436 g/mol. The topological polar surface area (TPSA) is 77.8 Å². The zero-order chi connectivity index (χ0) is 22.8. The van der Waals surface area contributed by atoms with E-state index in [-0.39, 0.29) is 6.04 Å². The van der Waals surface area contributed by atoms with Gasteiger partial charge in [-0.15, -0.1) is 10.2 Å². The maximum absolute atomic E-state index is 13.5. The van der Waals surface area contributed by atoms with Gasteiger partial charge in [-0.25, -0.2) is 18.7 Å². The number of nitrogens with one attached hydrogen (secondary N) is 1. The van der Waals surface area contributed by atoms with Gasteiger partial charge in [-0.2, -0.15) is 0 Å². The molecule has 9 heteroatoms. The van der Waals surface area contributed by atoms with E-state index in [1.807, 2.05) is 42.8 Å². The van der Waals surface area contributed by atoms with Crippen molar-refractivity contribution >= 4 is 5.82 Å². The number of anilines is 1. The average molecular weight is 436 g/mol. The van der Waals surface area contributed by atoms with Gasteiger partial charge >= 0.3 is 0 Å². The molecular weight excluding hydrogens is 414 g/mol. The Hall–Kier alpha value is -3.88. The lowest BCUT2D eigenvalue weighted by Crippen LogP contribution is -2.11. The van der Waals surface area contributed by atoms with E-state index < -0.39 is 11.6 Å². The summed E-state index contributed by atoms with van der Waals surface area (Å²) in [6.07, 6.45) is 3.58. The first kappa shape index (κ1) is 21.4. The molecule has 32 heavy (non-hydrogen) atoms. The second-order valence-electron chi connectivity index (χ2n) is 7.48. The van der Waals surface area contributed by atoms with Crippen molar-refractivity contribution in [3.05, 3.63) is 77.4 Å². The summed E-state index contributed by atoms with van der Waals surface area (Å²) in [5.74, 6) is -0.297. The summed E-state index contributed by atoms with van der Waals surface area (Å²) in [5, 5.41) is 11.7. The molecule has 0 amide bonds. The van der Waals surface area contributed by atoms with E-state index in [0.29, 0.717) is 28.6 Å². The van der Waals surface area contributed by atoms with Crippen molar-refractivity contribution in [3.63, 3.8) is 0 Å². The Kier molecular flexibility index (Phi) is 5.81. The van der Waals surface area contributed by atoms with Crippen LogP contribution in [0.1, 0.15) is 29.8 Å². The molecule has 4 aromatic rings. The van der Waals surface area contributed by atoms with Crippen molar-refractivity contribution in [2.24, 2.45) is 0 Å². The number of pyridine rings is 1. The van der Waals surface area contributed by atoms with Crippen molar-refractivity contribution in [2.45, 2.75) is 26.8 Å². The Labute approximate surface area is 184 Å². The predicted molar refractivity (Wildman–Crippen MR) is 117 cm³/mol. The summed E-state index contributed by atoms with van der Waals surface area (Å²) in [4.78, 5) is 8.80. The number of aromatic nitrogens is 5. The number of benzene rings is 1. The van der Waals surface area contributed by atoms with E-state index in [4.69, 9.17) is 4.74 Å². The SMILES string of the molecule is COc1nc(-c2cc(C)c(N[C@@H](C)c3cc(F)cc(F)c3)nn2)ccc1-n1cnc(C)c1. The molecule has 0 unspecified atom stereocenters. The molecule has 3 aromatic heterocycles. The van der Waals surface area contributed by atoms with Crippen LogP contribution in [0, 0.1) is 25.5 Å². The fourth-order valence-corrected chi connectivity index (χ4v) is 3.34. The highest BCUT2D eigenvalue weighted by molar-refractivity contribution is 5.61. The molecule has 0 radical (unpaired) electrons. The van der Waals surface area contributed by atoms with Gasteiger partial charge in [0, 0.05) is 12.3 Å². The van der Waals surface area contributed by atoms with E-state index in [2.05, 4.69) is 25.5 Å². The maximum atomic E-state index is 13.5. The second-order valence-corrected chi connectivity index (χ2v) is 7.48. The highest BCUT2D eigenvalue weighted by Gasteiger charge is 2.15. The first-order chi connectivity index (χ1) is 15.3. The smallest absolute Gasteiger partial charge is 0.238 e. The fraction of sp³-hybridized carbons (Fsp3) is 0.217. The summed E-state index contributed by atoms with van der Waals surface area (Å²) in [5.41, 5.74) is 4.11. The summed E-state index contributed by atoms with van der Waals surface area (Å²) >= 11 is 0. The van der Waals surface area contributed by atoms with Crippen LogP contribution >= 0.6 is 0 Å². The predicted octanol–water partition coefficient (Wildman–Crippen LogP) is 4.80. The molecule has 1 aromatic carbocycles. The molecule has 164 valence electrons. The third-order valence-electron chi connectivity index (χ3n) is 5.01. The van der Waals surface area contributed by atoms with Gasteiger partial charge in [-0.3, -0.25) is 0 Å². The number of methoxy groups -OCH3 is 1. The van der Waals surface area contributed by atoms with Crippen molar-refractivity contribution in [1.82, 2.24) is 24.7 Å². The average Bonchev–Trinajstić information content (AvgIpc) is 3.20. The molecule has 0 fully saturated rings. The number of imidazole rings is 1. The Morgan fingerprint density at radius 1 is 1.00 bits per heavy atom. The normalized spacial score (nSPS) is 11.9. The lowest BCUT2D eigenvalue weighted by atomic mass is 10.1. The minimum atomic E-state index is -0.624. The standard InChI is InChI=1S/C23H22F2N6O/c1-13-7-20(19-5-6-21(23(28-19)32-4)31-11-14(2)26-12-31)29-30-22(13)27-15(3)16-8-17(24)10-18(25)9-16/h5-12,15H,1-4H3,(H,27,30)/t15-/m0/s1. The van der Waals surface area contributed by atoms with Gasteiger partial charge in [-0.1, -0.05) is 0 Å². The fourth-order valence-electron chi connectivity index (χ4n) is 3.34. The zero-order valence-electron chi connectivity index (χ0n) is 18.1. The Morgan fingerprint density at radius 3 is 2.38 bits per heavy atom. The minimum absolute atomic E-state index is 0.366. The number of nitrogens with zero attached hydrogens (tertiary/aromatic N) is 5. The number of ether oxygens (including phenoxy) is 1. The summed E-state index contributed by atoms with van der Waals surface area (Å²) in [7, 11) is 1.56. The molecule has 0 saturated carbocycles. The number of halogens is 2. The van der Waals surface area contributed by atoms with Crippen molar-refractivity contribution < 1.29 is 13.5 Å². The van der Waals surface area contributed by atoms with Crippen LogP contribution in [0.15, 0.2) is 48.9 Å². The second kappa shape index (κ2) is 8.70. The van der Waals surface area contributed by atoms with E-state index in [9.17, 15) is 8.78 Å². The van der Waals surface area contributed by atoms with Crippen molar-refractivity contribution in [2.75, 3.05) is 12.4 Å². The molecule has 3 heterocycles. The van der Waals surface area contributed by atoms with Crippen LogP contribution in [0.25, 0.3) is 17.1 Å². The molecule has 0 saturated heterocycles. The lowest BCUT2D eigenvalue weighted by Gasteiger charge is -2.17. The van der Waals surface area contributed by atoms with E-state index in [0.717, 1.165) is 23.0 Å². The largest absolute Gasteiger partial charge is 0.479 e. The first-order valence-corrected chi connectivity index (χ1v) is 9.97. The maximum Gasteiger partial charge on any atom is 0.238 e. The summed E-state index contributed by atoms with van der Waals surface area (Å²) in [6, 6.07) is 8.62. The number of hydrogen-bond acceptors (Lipinski definition) is 6. The molecule has 1 atom stereocenters.